The van der Waals surface area contributed by atoms with Crippen LogP contribution >= 0.6 is 15.9 Å². The van der Waals surface area contributed by atoms with Crippen molar-refractivity contribution in [1.29, 1.82) is 0 Å². The number of phenolic OH excluding ortho intramolecular Hbond substituents is 1. The summed E-state index contributed by atoms with van der Waals surface area (Å²) in [4.78, 5) is 8.47. The van der Waals surface area contributed by atoms with Crippen LogP contribution in [0.2, 0.25) is 0 Å². The molecule has 0 unspecified atom stereocenters. The van der Waals surface area contributed by atoms with E-state index in [1.807, 2.05) is 25.1 Å². The number of nitrogens with zero attached hydrogens (tertiary/aromatic N) is 3. The number of benzene rings is 1. The summed E-state index contributed by atoms with van der Waals surface area (Å²) in [7, 11) is 0. The highest BCUT2D eigenvalue weighted by Crippen LogP contribution is 2.31. The second kappa shape index (κ2) is 5.05. The third kappa shape index (κ3) is 2.30. The number of pyridine rings is 1. The van der Waals surface area contributed by atoms with Gasteiger partial charge in [-0.3, -0.25) is 4.98 Å². The molecule has 20 heavy (non-hydrogen) atoms. The second-order valence-corrected chi connectivity index (χ2v) is 5.17. The molecule has 2 heterocycles. The Kier molecular flexibility index (Phi) is 3.23. The standard InChI is InChI=1S/C14H10BrN3O2/c1-8-3-2-4-10(12(8)19)14-17-13(18-20-14)11-6-5-9(15)7-16-11/h2-7,19H,1H3. The fraction of sp³-hybridized carbons (Fsp3) is 0.0714. The van der Waals surface area contributed by atoms with Crippen molar-refractivity contribution in [1.82, 2.24) is 15.1 Å². The van der Waals surface area contributed by atoms with Gasteiger partial charge in [-0.05, 0) is 46.6 Å². The van der Waals surface area contributed by atoms with Crippen LogP contribution < -0.4 is 0 Å². The van der Waals surface area contributed by atoms with Gasteiger partial charge in [-0.15, -0.1) is 0 Å². The maximum absolute atomic E-state index is 10.0. The van der Waals surface area contributed by atoms with Gasteiger partial charge in [0.05, 0.1) is 5.56 Å². The smallest absolute Gasteiger partial charge is 0.262 e. The molecular formula is C14H10BrN3O2. The Bertz CT molecular complexity index is 753. The van der Waals surface area contributed by atoms with Gasteiger partial charge in [-0.1, -0.05) is 17.3 Å². The van der Waals surface area contributed by atoms with Crippen molar-refractivity contribution in [3.8, 4) is 28.7 Å². The molecule has 0 amide bonds. The summed E-state index contributed by atoms with van der Waals surface area (Å²) in [6, 6.07) is 9.00. The van der Waals surface area contributed by atoms with Crippen molar-refractivity contribution >= 4 is 15.9 Å². The number of aromatic hydroxyl groups is 1. The fourth-order valence-electron chi connectivity index (χ4n) is 1.78. The summed E-state index contributed by atoms with van der Waals surface area (Å²) >= 11 is 3.32. The molecule has 0 saturated carbocycles. The Balaban J connectivity index is 2.02. The highest BCUT2D eigenvalue weighted by Gasteiger charge is 2.15. The van der Waals surface area contributed by atoms with Crippen LogP contribution in [-0.4, -0.2) is 20.2 Å². The Morgan fingerprint density at radius 1 is 1.20 bits per heavy atom. The van der Waals surface area contributed by atoms with Crippen LogP contribution in [0.3, 0.4) is 0 Å². The summed E-state index contributed by atoms with van der Waals surface area (Å²) in [5.41, 5.74) is 1.88. The molecule has 0 aliphatic rings. The molecule has 0 radical (unpaired) electrons. The fourth-order valence-corrected chi connectivity index (χ4v) is 2.01. The van der Waals surface area contributed by atoms with Crippen molar-refractivity contribution in [3.63, 3.8) is 0 Å². The minimum Gasteiger partial charge on any atom is -0.507 e. The summed E-state index contributed by atoms with van der Waals surface area (Å²) in [5.74, 6) is 0.797. The lowest BCUT2D eigenvalue weighted by Crippen LogP contribution is -1.86. The summed E-state index contributed by atoms with van der Waals surface area (Å²) in [6.07, 6.45) is 1.66. The average Bonchev–Trinajstić information content (AvgIpc) is 2.92. The molecule has 0 aliphatic heterocycles. The highest BCUT2D eigenvalue weighted by molar-refractivity contribution is 9.10. The maximum atomic E-state index is 10.0. The quantitative estimate of drug-likeness (QED) is 0.777. The predicted molar refractivity (Wildman–Crippen MR) is 77.1 cm³/mol. The molecule has 3 aromatic rings. The van der Waals surface area contributed by atoms with Gasteiger partial charge in [-0.25, -0.2) is 0 Å². The van der Waals surface area contributed by atoms with Gasteiger partial charge >= 0.3 is 0 Å². The summed E-state index contributed by atoms with van der Waals surface area (Å²) in [6.45, 7) is 1.81. The van der Waals surface area contributed by atoms with Crippen LogP contribution in [-0.2, 0) is 0 Å². The lowest BCUT2D eigenvalue weighted by molar-refractivity contribution is 0.425. The Morgan fingerprint density at radius 3 is 2.80 bits per heavy atom. The molecule has 0 saturated heterocycles. The van der Waals surface area contributed by atoms with E-state index in [2.05, 4.69) is 31.1 Å². The van der Waals surface area contributed by atoms with Gasteiger partial charge < -0.3 is 9.63 Å². The number of aryl methyl sites for hydroxylation is 1. The Morgan fingerprint density at radius 2 is 2.05 bits per heavy atom. The van der Waals surface area contributed by atoms with E-state index in [0.717, 1.165) is 10.0 Å². The van der Waals surface area contributed by atoms with Crippen molar-refractivity contribution in [3.05, 3.63) is 46.6 Å². The molecule has 2 aromatic heterocycles. The predicted octanol–water partition coefficient (Wildman–Crippen LogP) is 3.58. The van der Waals surface area contributed by atoms with Crippen molar-refractivity contribution in [2.75, 3.05) is 0 Å². The minimum atomic E-state index is 0.145. The molecule has 0 fully saturated rings. The van der Waals surface area contributed by atoms with Gasteiger partial charge in [0.25, 0.3) is 5.89 Å². The molecule has 1 aromatic carbocycles. The number of hydrogen-bond acceptors (Lipinski definition) is 5. The van der Waals surface area contributed by atoms with Gasteiger partial charge in [0, 0.05) is 10.7 Å². The number of halogens is 1. The van der Waals surface area contributed by atoms with Crippen LogP contribution in [0.1, 0.15) is 5.56 Å². The normalized spacial score (nSPS) is 10.7. The highest BCUT2D eigenvalue weighted by atomic mass is 79.9. The van der Waals surface area contributed by atoms with Crippen LogP contribution in [0.4, 0.5) is 0 Å². The van der Waals surface area contributed by atoms with E-state index in [4.69, 9.17) is 4.52 Å². The molecule has 100 valence electrons. The zero-order chi connectivity index (χ0) is 14.1. The van der Waals surface area contributed by atoms with Crippen LogP contribution in [0.5, 0.6) is 5.75 Å². The minimum absolute atomic E-state index is 0.145. The van der Waals surface area contributed by atoms with Crippen molar-refractivity contribution in [2.45, 2.75) is 6.92 Å². The van der Waals surface area contributed by atoms with Crippen LogP contribution in [0.25, 0.3) is 23.0 Å². The first-order valence-electron chi connectivity index (χ1n) is 5.90. The van der Waals surface area contributed by atoms with Crippen LogP contribution in [0.15, 0.2) is 45.5 Å². The van der Waals surface area contributed by atoms with E-state index >= 15 is 0 Å². The lowest BCUT2D eigenvalue weighted by atomic mass is 10.1. The Hall–Kier alpha value is -2.21. The van der Waals surface area contributed by atoms with Gasteiger partial charge in [0.15, 0.2) is 0 Å². The first-order valence-corrected chi connectivity index (χ1v) is 6.69. The molecular weight excluding hydrogens is 322 g/mol. The van der Waals surface area contributed by atoms with E-state index in [0.29, 0.717) is 17.1 Å². The first-order chi connectivity index (χ1) is 9.65. The largest absolute Gasteiger partial charge is 0.507 e. The molecule has 5 nitrogen and oxygen atoms in total. The summed E-state index contributed by atoms with van der Waals surface area (Å²) < 4.78 is 6.07. The lowest BCUT2D eigenvalue weighted by Gasteiger charge is -2.01. The number of phenols is 1. The zero-order valence-electron chi connectivity index (χ0n) is 10.5. The molecule has 0 bridgehead atoms. The van der Waals surface area contributed by atoms with Gasteiger partial charge in [-0.2, -0.15) is 4.98 Å². The zero-order valence-corrected chi connectivity index (χ0v) is 12.1. The van der Waals surface area contributed by atoms with Crippen molar-refractivity contribution < 1.29 is 9.63 Å². The van der Waals surface area contributed by atoms with E-state index in [9.17, 15) is 5.11 Å². The number of para-hydroxylation sites is 1. The maximum Gasteiger partial charge on any atom is 0.262 e. The first kappa shape index (κ1) is 12.8. The third-order valence-electron chi connectivity index (χ3n) is 2.85. The molecule has 0 atom stereocenters. The van der Waals surface area contributed by atoms with Gasteiger partial charge in [0.2, 0.25) is 5.82 Å². The average molecular weight is 332 g/mol. The Labute approximate surface area is 123 Å². The van der Waals surface area contributed by atoms with E-state index in [1.54, 1.807) is 18.3 Å². The SMILES string of the molecule is Cc1cccc(-c2nc(-c3ccc(Br)cn3)no2)c1O. The number of rotatable bonds is 2. The molecule has 6 heteroatoms. The summed E-state index contributed by atoms with van der Waals surface area (Å²) in [5, 5.41) is 13.9. The number of hydrogen-bond donors (Lipinski definition) is 1. The topological polar surface area (TPSA) is 72.0 Å². The van der Waals surface area contributed by atoms with Crippen molar-refractivity contribution in [2.24, 2.45) is 0 Å². The van der Waals surface area contributed by atoms with Gasteiger partial charge in [0.1, 0.15) is 11.4 Å². The van der Waals surface area contributed by atoms with Crippen LogP contribution in [0, 0.1) is 6.92 Å². The van der Waals surface area contributed by atoms with E-state index in [1.165, 1.54) is 0 Å². The number of aromatic nitrogens is 3. The monoisotopic (exact) mass is 331 g/mol. The molecule has 3 rings (SSSR count). The molecule has 0 aliphatic carbocycles. The molecule has 1 N–H and O–H groups in total. The van der Waals surface area contributed by atoms with E-state index in [-0.39, 0.29) is 11.6 Å². The third-order valence-corrected chi connectivity index (χ3v) is 3.32. The molecule has 0 spiro atoms. The van der Waals surface area contributed by atoms with E-state index < -0.39 is 0 Å². The second-order valence-electron chi connectivity index (χ2n) is 4.26.